The van der Waals surface area contributed by atoms with Crippen molar-refractivity contribution in [2.75, 3.05) is 18.9 Å². The van der Waals surface area contributed by atoms with Gasteiger partial charge < -0.3 is 15.8 Å². The van der Waals surface area contributed by atoms with Crippen molar-refractivity contribution in [3.8, 4) is 5.75 Å². The van der Waals surface area contributed by atoms with Gasteiger partial charge in [0, 0.05) is 18.3 Å². The number of carbonyl (C=O) groups excluding carboxylic acids is 1. The summed E-state index contributed by atoms with van der Waals surface area (Å²) >= 11 is 0. The Bertz CT molecular complexity index is 383. The van der Waals surface area contributed by atoms with Crippen molar-refractivity contribution in [2.45, 2.75) is 19.8 Å². The maximum absolute atomic E-state index is 13.3. The number of hydrogen-bond acceptors (Lipinski definition) is 3. The second-order valence-corrected chi connectivity index (χ2v) is 3.68. The van der Waals surface area contributed by atoms with E-state index < -0.39 is 5.82 Å². The van der Waals surface area contributed by atoms with E-state index in [9.17, 15) is 9.18 Å². The van der Waals surface area contributed by atoms with E-state index in [0.717, 1.165) is 18.9 Å². The van der Waals surface area contributed by atoms with Gasteiger partial charge in [0.2, 0.25) is 0 Å². The number of benzene rings is 1. The summed E-state index contributed by atoms with van der Waals surface area (Å²) in [4.78, 5) is 11.3. The van der Waals surface area contributed by atoms with Crippen LogP contribution in [0.4, 0.5) is 10.1 Å². The average molecular weight is 240 g/mol. The fourth-order valence-corrected chi connectivity index (χ4v) is 1.23. The van der Waals surface area contributed by atoms with Crippen LogP contribution in [-0.2, 0) is 4.79 Å². The molecule has 4 nitrogen and oxygen atoms in total. The molecule has 0 aliphatic carbocycles. The molecule has 0 radical (unpaired) electrons. The third kappa shape index (κ3) is 4.72. The van der Waals surface area contributed by atoms with Crippen molar-refractivity contribution in [2.24, 2.45) is 0 Å². The molecule has 0 aliphatic heterocycles. The molecule has 3 N–H and O–H groups in total. The molecule has 0 heterocycles. The van der Waals surface area contributed by atoms with Crippen molar-refractivity contribution in [3.05, 3.63) is 24.0 Å². The van der Waals surface area contributed by atoms with Crippen LogP contribution in [0.3, 0.4) is 0 Å². The summed E-state index contributed by atoms with van der Waals surface area (Å²) in [7, 11) is 0. The molecule has 0 aliphatic rings. The van der Waals surface area contributed by atoms with Crippen LogP contribution in [0.5, 0.6) is 5.75 Å². The van der Waals surface area contributed by atoms with Gasteiger partial charge in [-0.1, -0.05) is 13.3 Å². The number of hydrogen-bond donors (Lipinski definition) is 2. The van der Waals surface area contributed by atoms with Crippen molar-refractivity contribution >= 4 is 11.6 Å². The highest BCUT2D eigenvalue weighted by molar-refractivity contribution is 5.77. The van der Waals surface area contributed by atoms with Gasteiger partial charge in [0.1, 0.15) is 0 Å². The summed E-state index contributed by atoms with van der Waals surface area (Å²) in [6.07, 6.45) is 1.93. The van der Waals surface area contributed by atoms with Crippen molar-refractivity contribution in [1.29, 1.82) is 0 Å². The fraction of sp³-hybridized carbons (Fsp3) is 0.417. The number of unbranched alkanes of at least 4 members (excludes halogenated alkanes) is 1. The van der Waals surface area contributed by atoms with Gasteiger partial charge >= 0.3 is 0 Å². The molecular weight excluding hydrogens is 223 g/mol. The van der Waals surface area contributed by atoms with Crippen LogP contribution in [0.15, 0.2) is 18.2 Å². The lowest BCUT2D eigenvalue weighted by atomic mass is 10.3. The van der Waals surface area contributed by atoms with Crippen LogP contribution in [0.1, 0.15) is 19.8 Å². The Labute approximate surface area is 100.0 Å². The van der Waals surface area contributed by atoms with E-state index in [1.807, 2.05) is 6.92 Å². The topological polar surface area (TPSA) is 64.3 Å². The lowest BCUT2D eigenvalue weighted by molar-refractivity contribution is -0.123. The molecule has 0 saturated heterocycles. The van der Waals surface area contributed by atoms with E-state index in [0.29, 0.717) is 12.2 Å². The molecule has 0 unspecified atom stereocenters. The molecular formula is C12H17FN2O2. The van der Waals surface area contributed by atoms with Gasteiger partial charge in [-0.05, 0) is 18.6 Å². The molecule has 0 aromatic heterocycles. The zero-order valence-corrected chi connectivity index (χ0v) is 9.83. The van der Waals surface area contributed by atoms with Crippen LogP contribution in [0, 0.1) is 5.82 Å². The molecule has 5 heteroatoms. The van der Waals surface area contributed by atoms with Crippen LogP contribution < -0.4 is 15.8 Å². The quantitative estimate of drug-likeness (QED) is 0.587. The number of ether oxygens (including phenoxy) is 1. The van der Waals surface area contributed by atoms with Gasteiger partial charge in [0.25, 0.3) is 5.91 Å². The Hall–Kier alpha value is -1.78. The summed E-state index contributed by atoms with van der Waals surface area (Å²) in [6, 6.07) is 4.09. The molecule has 1 aromatic carbocycles. The highest BCUT2D eigenvalue weighted by Crippen LogP contribution is 2.18. The molecule has 1 aromatic rings. The van der Waals surface area contributed by atoms with E-state index in [-0.39, 0.29) is 18.3 Å². The Morgan fingerprint density at radius 1 is 1.53 bits per heavy atom. The summed E-state index contributed by atoms with van der Waals surface area (Å²) in [5, 5.41) is 2.67. The maximum atomic E-state index is 13.3. The summed E-state index contributed by atoms with van der Waals surface area (Å²) < 4.78 is 18.3. The highest BCUT2D eigenvalue weighted by Gasteiger charge is 2.06. The first-order chi connectivity index (χ1) is 8.13. The van der Waals surface area contributed by atoms with Gasteiger partial charge in [-0.3, -0.25) is 4.79 Å². The third-order valence-corrected chi connectivity index (χ3v) is 2.17. The first kappa shape index (κ1) is 13.3. The van der Waals surface area contributed by atoms with E-state index in [2.05, 4.69) is 5.32 Å². The Morgan fingerprint density at radius 2 is 2.29 bits per heavy atom. The molecule has 0 saturated carbocycles. The minimum atomic E-state index is -0.564. The fourth-order valence-electron chi connectivity index (χ4n) is 1.23. The standard InChI is InChI=1S/C12H17FN2O2/c1-2-3-6-15-12(16)8-17-11-5-4-9(14)7-10(11)13/h4-5,7H,2-3,6,8,14H2,1H3,(H,15,16). The van der Waals surface area contributed by atoms with E-state index in [4.69, 9.17) is 10.5 Å². The van der Waals surface area contributed by atoms with Crippen LogP contribution in [0.2, 0.25) is 0 Å². The first-order valence-electron chi connectivity index (χ1n) is 5.58. The Balaban J connectivity index is 2.37. The molecule has 1 rings (SSSR count). The first-order valence-corrected chi connectivity index (χ1v) is 5.58. The predicted molar refractivity (Wildman–Crippen MR) is 64.2 cm³/mol. The lowest BCUT2D eigenvalue weighted by Gasteiger charge is -2.08. The lowest BCUT2D eigenvalue weighted by Crippen LogP contribution is -2.29. The van der Waals surface area contributed by atoms with Gasteiger partial charge in [0.05, 0.1) is 0 Å². The summed E-state index contributed by atoms with van der Waals surface area (Å²) in [5.41, 5.74) is 5.71. The minimum absolute atomic E-state index is 0.0323. The number of nitrogens with one attached hydrogen (secondary N) is 1. The SMILES string of the molecule is CCCCNC(=O)COc1ccc(N)cc1F. The number of carbonyl (C=O) groups is 1. The maximum Gasteiger partial charge on any atom is 0.257 e. The molecule has 0 spiro atoms. The molecule has 0 fully saturated rings. The number of halogens is 1. The zero-order chi connectivity index (χ0) is 12.7. The average Bonchev–Trinajstić information content (AvgIpc) is 2.28. The van der Waals surface area contributed by atoms with Crippen molar-refractivity contribution < 1.29 is 13.9 Å². The van der Waals surface area contributed by atoms with E-state index in [1.54, 1.807) is 0 Å². The third-order valence-electron chi connectivity index (χ3n) is 2.17. The van der Waals surface area contributed by atoms with Crippen LogP contribution in [0.25, 0.3) is 0 Å². The number of nitrogen functional groups attached to an aromatic ring is 1. The predicted octanol–water partition coefficient (Wildman–Crippen LogP) is 1.70. The highest BCUT2D eigenvalue weighted by atomic mass is 19.1. The monoisotopic (exact) mass is 240 g/mol. The molecule has 0 atom stereocenters. The normalized spacial score (nSPS) is 10.0. The van der Waals surface area contributed by atoms with Gasteiger partial charge in [0.15, 0.2) is 18.2 Å². The number of anilines is 1. The second-order valence-electron chi connectivity index (χ2n) is 3.68. The minimum Gasteiger partial charge on any atom is -0.481 e. The van der Waals surface area contributed by atoms with Crippen molar-refractivity contribution in [1.82, 2.24) is 5.32 Å². The zero-order valence-electron chi connectivity index (χ0n) is 9.83. The summed E-state index contributed by atoms with van der Waals surface area (Å²) in [5.74, 6) is -0.786. The Kier molecular flexibility index (Phi) is 5.26. The van der Waals surface area contributed by atoms with Crippen molar-refractivity contribution in [3.63, 3.8) is 0 Å². The molecule has 17 heavy (non-hydrogen) atoms. The largest absolute Gasteiger partial charge is 0.481 e. The number of nitrogens with two attached hydrogens (primary N) is 1. The number of rotatable bonds is 6. The smallest absolute Gasteiger partial charge is 0.257 e. The molecule has 1 amide bonds. The Morgan fingerprint density at radius 3 is 2.94 bits per heavy atom. The van der Waals surface area contributed by atoms with Crippen LogP contribution in [-0.4, -0.2) is 19.1 Å². The van der Waals surface area contributed by atoms with Gasteiger partial charge in [-0.2, -0.15) is 0 Å². The van der Waals surface area contributed by atoms with Gasteiger partial charge in [-0.15, -0.1) is 0 Å². The van der Waals surface area contributed by atoms with Gasteiger partial charge in [-0.25, -0.2) is 4.39 Å². The number of amides is 1. The summed E-state index contributed by atoms with van der Waals surface area (Å²) in [6.45, 7) is 2.46. The van der Waals surface area contributed by atoms with Crippen LogP contribution >= 0.6 is 0 Å². The van der Waals surface area contributed by atoms with E-state index >= 15 is 0 Å². The molecule has 94 valence electrons. The van der Waals surface area contributed by atoms with E-state index in [1.165, 1.54) is 12.1 Å². The molecule has 0 bridgehead atoms. The second kappa shape index (κ2) is 6.73.